The summed E-state index contributed by atoms with van der Waals surface area (Å²) >= 11 is 3.04. The van der Waals surface area contributed by atoms with Crippen LogP contribution in [-0.4, -0.2) is 9.59 Å². The van der Waals surface area contributed by atoms with Crippen LogP contribution in [0, 0.1) is 6.92 Å². The van der Waals surface area contributed by atoms with E-state index in [1.54, 1.807) is 11.3 Å². The fourth-order valence-electron chi connectivity index (χ4n) is 1.27. The highest BCUT2D eigenvalue weighted by atomic mass is 32.1. The molecule has 14 heavy (non-hydrogen) atoms. The van der Waals surface area contributed by atoms with E-state index in [2.05, 4.69) is 20.4 Å². The summed E-state index contributed by atoms with van der Waals surface area (Å²) in [4.78, 5) is 1.07. The monoisotopic (exact) mass is 226 g/mol. The first-order valence-corrected chi connectivity index (χ1v) is 5.81. The molecule has 2 rings (SSSR count). The van der Waals surface area contributed by atoms with Crippen LogP contribution in [0.15, 0.2) is 16.8 Å². The van der Waals surface area contributed by atoms with Gasteiger partial charge in [-0.3, -0.25) is 5.84 Å². The Bertz CT molecular complexity index is 395. The predicted molar refractivity (Wildman–Crippen MR) is 58.1 cm³/mol. The van der Waals surface area contributed by atoms with Crippen molar-refractivity contribution in [2.45, 2.75) is 13.0 Å². The molecule has 2 heterocycles. The van der Waals surface area contributed by atoms with Gasteiger partial charge in [-0.25, -0.2) is 5.43 Å². The molecule has 0 radical (unpaired) electrons. The molecule has 1 unspecified atom stereocenters. The largest absolute Gasteiger partial charge is 0.271 e. The van der Waals surface area contributed by atoms with Gasteiger partial charge in [0.1, 0.15) is 0 Å². The van der Waals surface area contributed by atoms with E-state index in [1.165, 1.54) is 11.5 Å². The molecule has 0 amide bonds. The quantitative estimate of drug-likeness (QED) is 0.614. The molecular formula is C8H10N4S2. The zero-order chi connectivity index (χ0) is 9.97. The molecule has 3 N–H and O–H groups in total. The maximum atomic E-state index is 5.53. The van der Waals surface area contributed by atoms with Crippen LogP contribution in [-0.2, 0) is 0 Å². The third kappa shape index (κ3) is 1.69. The van der Waals surface area contributed by atoms with Crippen LogP contribution < -0.4 is 11.3 Å². The van der Waals surface area contributed by atoms with Crippen LogP contribution in [0.3, 0.4) is 0 Å². The Morgan fingerprint density at radius 2 is 2.43 bits per heavy atom. The van der Waals surface area contributed by atoms with Gasteiger partial charge in [-0.2, -0.15) is 11.3 Å². The highest BCUT2D eigenvalue weighted by Crippen LogP contribution is 2.27. The molecule has 0 bridgehead atoms. The molecule has 0 saturated carbocycles. The second-order valence-electron chi connectivity index (χ2n) is 2.88. The lowest BCUT2D eigenvalue weighted by atomic mass is 10.1. The van der Waals surface area contributed by atoms with E-state index < -0.39 is 0 Å². The van der Waals surface area contributed by atoms with Gasteiger partial charge < -0.3 is 0 Å². The van der Waals surface area contributed by atoms with E-state index >= 15 is 0 Å². The number of aromatic nitrogens is 2. The highest BCUT2D eigenvalue weighted by molar-refractivity contribution is 7.08. The van der Waals surface area contributed by atoms with Crippen molar-refractivity contribution >= 4 is 22.9 Å². The van der Waals surface area contributed by atoms with E-state index in [-0.39, 0.29) is 6.04 Å². The first kappa shape index (κ1) is 9.72. The molecule has 0 spiro atoms. The van der Waals surface area contributed by atoms with Crippen molar-refractivity contribution in [3.8, 4) is 0 Å². The Morgan fingerprint density at radius 1 is 1.57 bits per heavy atom. The molecule has 0 aliphatic rings. The summed E-state index contributed by atoms with van der Waals surface area (Å²) in [5.41, 5.74) is 4.88. The maximum Gasteiger partial charge on any atom is 0.0845 e. The minimum absolute atomic E-state index is 0.0150. The van der Waals surface area contributed by atoms with Crippen LogP contribution >= 0.6 is 22.9 Å². The van der Waals surface area contributed by atoms with Crippen molar-refractivity contribution in [1.82, 2.24) is 15.0 Å². The fourth-order valence-corrected chi connectivity index (χ4v) is 2.68. The minimum atomic E-state index is 0.0150. The normalized spacial score (nSPS) is 13.0. The van der Waals surface area contributed by atoms with Gasteiger partial charge in [-0.05, 0) is 40.8 Å². The molecule has 6 heteroatoms. The van der Waals surface area contributed by atoms with Crippen molar-refractivity contribution in [3.63, 3.8) is 0 Å². The molecule has 2 aromatic rings. The smallest absolute Gasteiger partial charge is 0.0845 e. The lowest BCUT2D eigenvalue weighted by Crippen LogP contribution is -2.28. The molecule has 2 aromatic heterocycles. The molecule has 0 aliphatic heterocycles. The number of rotatable bonds is 3. The van der Waals surface area contributed by atoms with Crippen molar-refractivity contribution in [1.29, 1.82) is 0 Å². The van der Waals surface area contributed by atoms with Gasteiger partial charge >= 0.3 is 0 Å². The van der Waals surface area contributed by atoms with E-state index in [0.29, 0.717) is 0 Å². The number of hydrogen-bond donors (Lipinski definition) is 2. The zero-order valence-electron chi connectivity index (χ0n) is 7.60. The second kappa shape index (κ2) is 4.14. The molecule has 0 aromatic carbocycles. The summed E-state index contributed by atoms with van der Waals surface area (Å²) in [6.07, 6.45) is 0. The molecule has 4 nitrogen and oxygen atoms in total. The summed E-state index contributed by atoms with van der Waals surface area (Å²) in [6, 6.07) is 2.06. The first-order valence-electron chi connectivity index (χ1n) is 4.10. The second-order valence-corrected chi connectivity index (χ2v) is 4.44. The van der Waals surface area contributed by atoms with Crippen molar-refractivity contribution < 1.29 is 0 Å². The molecule has 0 aliphatic carbocycles. The average Bonchev–Trinajstić information content (AvgIpc) is 2.80. The standard InChI is InChI=1S/C8H10N4S2/c1-5-8(14-12-11-5)7(10-9)6-2-3-13-4-6/h2-4,7,10H,9H2,1H3. The molecule has 1 atom stereocenters. The Balaban J connectivity index is 2.36. The number of aryl methyl sites for hydroxylation is 1. The van der Waals surface area contributed by atoms with Crippen LogP contribution in [0.1, 0.15) is 22.2 Å². The minimum Gasteiger partial charge on any atom is -0.271 e. The Labute approximate surface area is 89.9 Å². The van der Waals surface area contributed by atoms with Gasteiger partial charge in [0.2, 0.25) is 0 Å². The zero-order valence-corrected chi connectivity index (χ0v) is 9.23. The van der Waals surface area contributed by atoms with E-state index in [9.17, 15) is 0 Å². The number of nitrogens with one attached hydrogen (secondary N) is 1. The summed E-state index contributed by atoms with van der Waals surface area (Å²) in [7, 11) is 0. The Kier molecular flexibility index (Phi) is 2.87. The lowest BCUT2D eigenvalue weighted by molar-refractivity contribution is 0.644. The third-order valence-corrected chi connectivity index (χ3v) is 3.58. The van der Waals surface area contributed by atoms with Crippen LogP contribution in [0.25, 0.3) is 0 Å². The number of hydrazine groups is 1. The average molecular weight is 226 g/mol. The van der Waals surface area contributed by atoms with Crippen LogP contribution in [0.2, 0.25) is 0 Å². The third-order valence-electron chi connectivity index (χ3n) is 1.99. The van der Waals surface area contributed by atoms with E-state index in [1.807, 2.05) is 18.4 Å². The summed E-state index contributed by atoms with van der Waals surface area (Å²) in [6.45, 7) is 1.94. The van der Waals surface area contributed by atoms with Gasteiger partial charge in [-0.1, -0.05) is 4.49 Å². The first-order chi connectivity index (χ1) is 6.83. The maximum absolute atomic E-state index is 5.53. The Hall–Kier alpha value is -0.820. The van der Waals surface area contributed by atoms with Gasteiger partial charge in [0.05, 0.1) is 16.6 Å². The summed E-state index contributed by atoms with van der Waals surface area (Å²) in [5.74, 6) is 5.53. The van der Waals surface area contributed by atoms with E-state index in [4.69, 9.17) is 5.84 Å². The van der Waals surface area contributed by atoms with Crippen LogP contribution in [0.5, 0.6) is 0 Å². The van der Waals surface area contributed by atoms with Gasteiger partial charge in [0.25, 0.3) is 0 Å². The summed E-state index contributed by atoms with van der Waals surface area (Å²) in [5, 5.41) is 8.08. The highest BCUT2D eigenvalue weighted by Gasteiger charge is 2.17. The SMILES string of the molecule is Cc1nnsc1C(NN)c1ccsc1. The lowest BCUT2D eigenvalue weighted by Gasteiger charge is -2.12. The number of thiophene rings is 1. The topological polar surface area (TPSA) is 63.8 Å². The van der Waals surface area contributed by atoms with E-state index in [0.717, 1.165) is 16.1 Å². The number of nitrogens with zero attached hydrogens (tertiary/aromatic N) is 2. The Morgan fingerprint density at radius 3 is 2.93 bits per heavy atom. The number of hydrogen-bond acceptors (Lipinski definition) is 6. The van der Waals surface area contributed by atoms with Crippen molar-refractivity contribution in [3.05, 3.63) is 33.0 Å². The molecular weight excluding hydrogens is 216 g/mol. The fraction of sp³-hybridized carbons (Fsp3) is 0.250. The molecule has 74 valence electrons. The number of nitrogens with two attached hydrogens (primary N) is 1. The predicted octanol–water partition coefficient (Wildman–Crippen LogP) is 1.46. The molecule has 0 saturated heterocycles. The van der Waals surface area contributed by atoms with Crippen molar-refractivity contribution in [2.24, 2.45) is 5.84 Å². The van der Waals surface area contributed by atoms with Gasteiger partial charge in [-0.15, -0.1) is 5.10 Å². The van der Waals surface area contributed by atoms with Crippen molar-refractivity contribution in [2.75, 3.05) is 0 Å². The molecule has 0 fully saturated rings. The summed E-state index contributed by atoms with van der Waals surface area (Å²) < 4.78 is 3.90. The van der Waals surface area contributed by atoms with Gasteiger partial charge in [0, 0.05) is 0 Å². The van der Waals surface area contributed by atoms with Gasteiger partial charge in [0.15, 0.2) is 0 Å². The van der Waals surface area contributed by atoms with Crippen LogP contribution in [0.4, 0.5) is 0 Å².